The average Bonchev–Trinajstić information content (AvgIpc) is 3.18. The number of hydrogen-bond donors (Lipinski definition) is 4. The van der Waals surface area contributed by atoms with Crippen LogP contribution in [0.4, 0.5) is 0 Å². The molecule has 1 saturated heterocycles. The van der Waals surface area contributed by atoms with E-state index in [0.717, 1.165) is 64.2 Å². The molecule has 4 N–H and O–H groups in total. The summed E-state index contributed by atoms with van der Waals surface area (Å²) in [5.41, 5.74) is 0. The Hall–Kier alpha value is -2.60. The number of esters is 2. The normalized spacial score (nSPS) is 21.2. The lowest BCUT2D eigenvalue weighted by Crippen LogP contribution is -2.59. The monoisotopic (exact) mass is 777 g/mol. The van der Waals surface area contributed by atoms with Crippen LogP contribution in [0.15, 0.2) is 60.8 Å². The summed E-state index contributed by atoms with van der Waals surface area (Å²) >= 11 is 0. The molecule has 6 atom stereocenters. The van der Waals surface area contributed by atoms with Crippen LogP contribution in [0, 0.1) is 0 Å². The predicted molar refractivity (Wildman–Crippen MR) is 219 cm³/mol. The zero-order valence-electron chi connectivity index (χ0n) is 34.2. The van der Waals surface area contributed by atoms with Crippen LogP contribution in [0.25, 0.3) is 0 Å². The van der Waals surface area contributed by atoms with Gasteiger partial charge in [-0.15, -0.1) is 0 Å². The number of allylic oxidation sites excluding steroid dienone is 10. The minimum atomic E-state index is -1.60. The van der Waals surface area contributed by atoms with Gasteiger partial charge in [0.1, 0.15) is 31.0 Å². The van der Waals surface area contributed by atoms with Gasteiger partial charge >= 0.3 is 11.9 Å². The second kappa shape index (κ2) is 35.8. The van der Waals surface area contributed by atoms with E-state index in [4.69, 9.17) is 18.9 Å². The van der Waals surface area contributed by atoms with E-state index in [-0.39, 0.29) is 26.1 Å². The van der Waals surface area contributed by atoms with Gasteiger partial charge in [0.15, 0.2) is 12.4 Å². The van der Waals surface area contributed by atoms with Crippen LogP contribution in [0.3, 0.4) is 0 Å². The molecule has 0 spiro atoms. The van der Waals surface area contributed by atoms with Crippen LogP contribution < -0.4 is 0 Å². The molecule has 1 aliphatic heterocycles. The minimum Gasteiger partial charge on any atom is -0.462 e. The van der Waals surface area contributed by atoms with Crippen LogP contribution in [-0.4, -0.2) is 89.0 Å². The molecular formula is C45H76O10. The van der Waals surface area contributed by atoms with Gasteiger partial charge in [-0.3, -0.25) is 9.59 Å². The largest absolute Gasteiger partial charge is 0.462 e. The van der Waals surface area contributed by atoms with E-state index in [9.17, 15) is 30.0 Å². The smallest absolute Gasteiger partial charge is 0.306 e. The van der Waals surface area contributed by atoms with Crippen LogP contribution >= 0.6 is 0 Å². The molecule has 0 amide bonds. The molecule has 316 valence electrons. The van der Waals surface area contributed by atoms with Crippen molar-refractivity contribution in [2.24, 2.45) is 0 Å². The Bertz CT molecular complexity index is 1080. The molecule has 0 aromatic rings. The second-order valence-electron chi connectivity index (χ2n) is 14.5. The van der Waals surface area contributed by atoms with Crippen molar-refractivity contribution in [3.63, 3.8) is 0 Å². The number of carbonyl (C=O) groups excluding carboxylic acids is 2. The van der Waals surface area contributed by atoms with Crippen molar-refractivity contribution in [3.05, 3.63) is 60.8 Å². The molecule has 0 bridgehead atoms. The Morgan fingerprint density at radius 1 is 0.582 bits per heavy atom. The van der Waals surface area contributed by atoms with Crippen LogP contribution in [0.5, 0.6) is 0 Å². The first-order chi connectivity index (χ1) is 26.8. The van der Waals surface area contributed by atoms with E-state index < -0.39 is 55.4 Å². The molecule has 1 heterocycles. The molecule has 0 aromatic heterocycles. The Labute approximate surface area is 332 Å². The van der Waals surface area contributed by atoms with Crippen molar-refractivity contribution >= 4 is 11.9 Å². The summed E-state index contributed by atoms with van der Waals surface area (Å²) in [6.07, 6.45) is 35.1. The minimum absolute atomic E-state index is 0.200. The number of rotatable bonds is 34. The number of carbonyl (C=O) groups is 2. The summed E-state index contributed by atoms with van der Waals surface area (Å²) in [6.45, 7) is 3.23. The van der Waals surface area contributed by atoms with Gasteiger partial charge in [0.25, 0.3) is 0 Å². The van der Waals surface area contributed by atoms with Gasteiger partial charge in [0.05, 0.1) is 13.2 Å². The van der Waals surface area contributed by atoms with Crippen molar-refractivity contribution in [3.8, 4) is 0 Å². The van der Waals surface area contributed by atoms with Crippen molar-refractivity contribution in [2.45, 2.75) is 192 Å². The fourth-order valence-corrected chi connectivity index (χ4v) is 6.07. The van der Waals surface area contributed by atoms with Gasteiger partial charge in [-0.05, 0) is 57.8 Å². The number of hydrogen-bond acceptors (Lipinski definition) is 10. The number of ether oxygens (including phenoxy) is 4. The fraction of sp³-hybridized carbons (Fsp3) is 0.733. The second-order valence-corrected chi connectivity index (χ2v) is 14.5. The molecule has 10 nitrogen and oxygen atoms in total. The van der Waals surface area contributed by atoms with Gasteiger partial charge < -0.3 is 39.4 Å². The van der Waals surface area contributed by atoms with Crippen LogP contribution in [0.1, 0.15) is 155 Å². The molecule has 10 heteroatoms. The quantitative estimate of drug-likeness (QED) is 0.0216. The molecule has 1 aliphatic rings. The zero-order chi connectivity index (χ0) is 40.2. The number of unbranched alkanes of at least 4 members (excludes halogenated alkanes) is 16. The summed E-state index contributed by atoms with van der Waals surface area (Å²) < 4.78 is 22.1. The van der Waals surface area contributed by atoms with E-state index >= 15 is 0 Å². The molecule has 0 aliphatic carbocycles. The maximum atomic E-state index is 12.7. The standard InChI is InChI=1S/C45H76O10/c1-3-5-7-9-11-13-15-17-19-21-23-25-27-29-31-33-40(47)52-36-38(37-53-45-44(51)43(50)42(49)39(35-46)55-45)54-41(48)34-32-30-28-26-24-22-20-18-16-14-12-10-8-6-4-2/h6,8,10,12-16,18,20,38-39,42-46,49-51H,3-5,7,9,11,17,19,21-37H2,1-2H3/b8-6+,12-10+,15-13+,16-14+,20-18+/t38-,39-,42+,43?,44?,45-/m0/s1. The number of aliphatic hydroxyl groups excluding tert-OH is 4. The van der Waals surface area contributed by atoms with E-state index in [1.807, 2.05) is 30.4 Å². The zero-order valence-corrected chi connectivity index (χ0v) is 34.2. The maximum Gasteiger partial charge on any atom is 0.306 e. The van der Waals surface area contributed by atoms with E-state index in [1.165, 1.54) is 51.4 Å². The molecule has 1 fully saturated rings. The SMILES string of the molecule is CC/C=C/C=C/C=C/C=C/CCCCCCCC(=O)O[C@@H](COC(=O)CCCCCCCCC/C=C/CCCCCC)CO[C@H]1O[C@@H](CO)[C@@H](O)C(O)C1O. The third kappa shape index (κ3) is 27.6. The van der Waals surface area contributed by atoms with Gasteiger partial charge in [-0.1, -0.05) is 145 Å². The summed E-state index contributed by atoms with van der Waals surface area (Å²) in [7, 11) is 0. The Morgan fingerprint density at radius 2 is 1.09 bits per heavy atom. The van der Waals surface area contributed by atoms with E-state index in [2.05, 4.69) is 44.2 Å². The lowest BCUT2D eigenvalue weighted by Gasteiger charge is -2.39. The Balaban J connectivity index is 2.38. The average molecular weight is 777 g/mol. The van der Waals surface area contributed by atoms with Gasteiger partial charge in [0.2, 0.25) is 0 Å². The topological polar surface area (TPSA) is 152 Å². The predicted octanol–water partition coefficient (Wildman–Crippen LogP) is 8.66. The highest BCUT2D eigenvalue weighted by atomic mass is 16.7. The van der Waals surface area contributed by atoms with Crippen LogP contribution in [-0.2, 0) is 28.5 Å². The first-order valence-corrected chi connectivity index (χ1v) is 21.4. The lowest BCUT2D eigenvalue weighted by atomic mass is 9.99. The fourth-order valence-electron chi connectivity index (χ4n) is 6.07. The van der Waals surface area contributed by atoms with Crippen LogP contribution in [0.2, 0.25) is 0 Å². The van der Waals surface area contributed by atoms with Crippen molar-refractivity contribution in [1.29, 1.82) is 0 Å². The van der Waals surface area contributed by atoms with Crippen molar-refractivity contribution in [1.82, 2.24) is 0 Å². The third-order valence-corrected chi connectivity index (χ3v) is 9.48. The lowest BCUT2D eigenvalue weighted by molar-refractivity contribution is -0.305. The molecule has 1 rings (SSSR count). The van der Waals surface area contributed by atoms with Gasteiger partial charge in [-0.2, -0.15) is 0 Å². The first kappa shape index (κ1) is 50.4. The molecule has 0 aromatic carbocycles. The highest BCUT2D eigenvalue weighted by molar-refractivity contribution is 5.70. The van der Waals surface area contributed by atoms with E-state index in [1.54, 1.807) is 0 Å². The Morgan fingerprint density at radius 3 is 1.67 bits per heavy atom. The molecule has 0 saturated carbocycles. The highest BCUT2D eigenvalue weighted by Gasteiger charge is 2.44. The first-order valence-electron chi connectivity index (χ1n) is 21.4. The summed E-state index contributed by atoms with van der Waals surface area (Å²) in [5.74, 6) is -0.844. The highest BCUT2D eigenvalue weighted by Crippen LogP contribution is 2.22. The van der Waals surface area contributed by atoms with E-state index in [0.29, 0.717) is 12.8 Å². The summed E-state index contributed by atoms with van der Waals surface area (Å²) in [5, 5.41) is 40.0. The molecule has 2 unspecified atom stereocenters. The summed E-state index contributed by atoms with van der Waals surface area (Å²) in [6, 6.07) is 0. The Kier molecular flexibility index (Phi) is 32.8. The maximum absolute atomic E-state index is 12.7. The third-order valence-electron chi connectivity index (χ3n) is 9.48. The summed E-state index contributed by atoms with van der Waals surface area (Å²) in [4.78, 5) is 25.3. The molecule has 55 heavy (non-hydrogen) atoms. The van der Waals surface area contributed by atoms with Gasteiger partial charge in [0, 0.05) is 12.8 Å². The number of aliphatic hydroxyl groups is 4. The van der Waals surface area contributed by atoms with Crippen molar-refractivity contribution < 1.29 is 49.0 Å². The van der Waals surface area contributed by atoms with Gasteiger partial charge in [-0.25, -0.2) is 0 Å². The molecule has 0 radical (unpaired) electrons. The van der Waals surface area contributed by atoms with Crippen molar-refractivity contribution in [2.75, 3.05) is 19.8 Å². The molecular weight excluding hydrogens is 700 g/mol.